The molecule has 1 fully saturated rings. The van der Waals surface area contributed by atoms with E-state index < -0.39 is 16.7 Å². The highest BCUT2D eigenvalue weighted by molar-refractivity contribution is 6.30. The third kappa shape index (κ3) is 2.30. The predicted molar refractivity (Wildman–Crippen MR) is 63.9 cm³/mol. The van der Waals surface area contributed by atoms with E-state index in [1.165, 1.54) is 12.1 Å². The first kappa shape index (κ1) is 12.7. The molecule has 2 nitrogen and oxygen atoms in total. The fourth-order valence-electron chi connectivity index (χ4n) is 2.44. The van der Waals surface area contributed by atoms with Gasteiger partial charge in [0, 0.05) is 18.2 Å². The molecule has 0 bridgehead atoms. The minimum absolute atomic E-state index is 0.0679. The largest absolute Gasteiger partial charge is 0.330 e. The Balaban J connectivity index is 2.32. The van der Waals surface area contributed by atoms with Gasteiger partial charge in [0.1, 0.15) is 16.7 Å². The Morgan fingerprint density at radius 2 is 2.18 bits per heavy atom. The van der Waals surface area contributed by atoms with Gasteiger partial charge in [-0.05, 0) is 32.0 Å². The molecular formula is C12H15ClF2N2. The van der Waals surface area contributed by atoms with Crippen LogP contribution < -0.4 is 5.73 Å². The average Bonchev–Trinajstić information content (AvgIpc) is 2.68. The summed E-state index contributed by atoms with van der Waals surface area (Å²) in [6.07, 6.45) is 0.784. The smallest absolute Gasteiger partial charge is 0.149 e. The van der Waals surface area contributed by atoms with Crippen molar-refractivity contribution < 1.29 is 8.78 Å². The highest BCUT2D eigenvalue weighted by atomic mass is 35.5. The molecule has 0 spiro atoms. The third-order valence-electron chi connectivity index (χ3n) is 3.39. The Labute approximate surface area is 104 Å². The maximum atomic E-state index is 13.9. The molecule has 1 aliphatic rings. The van der Waals surface area contributed by atoms with E-state index in [1.807, 2.05) is 11.9 Å². The Morgan fingerprint density at radius 1 is 1.47 bits per heavy atom. The second-order valence-corrected chi connectivity index (χ2v) is 4.94. The van der Waals surface area contributed by atoms with E-state index in [-0.39, 0.29) is 6.04 Å². The molecule has 0 amide bonds. The first-order chi connectivity index (χ1) is 8.04. The number of halogens is 3. The molecule has 1 aromatic rings. The van der Waals surface area contributed by atoms with E-state index in [2.05, 4.69) is 0 Å². The lowest BCUT2D eigenvalue weighted by Crippen LogP contribution is -2.21. The summed E-state index contributed by atoms with van der Waals surface area (Å²) < 4.78 is 27.0. The first-order valence-electron chi connectivity index (χ1n) is 5.58. The number of nitrogens with zero attached hydrogens (tertiary/aromatic N) is 1. The normalized spacial score (nSPS) is 25.5. The van der Waals surface area contributed by atoms with Crippen LogP contribution in [0.2, 0.25) is 5.02 Å². The van der Waals surface area contributed by atoms with Crippen LogP contribution in [0.4, 0.5) is 8.78 Å². The quantitative estimate of drug-likeness (QED) is 0.828. The van der Waals surface area contributed by atoms with Gasteiger partial charge in [0.05, 0.1) is 0 Å². The molecule has 1 aromatic carbocycles. The second kappa shape index (κ2) is 4.88. The Morgan fingerprint density at radius 3 is 2.76 bits per heavy atom. The lowest BCUT2D eigenvalue weighted by atomic mass is 9.99. The van der Waals surface area contributed by atoms with E-state index in [0.29, 0.717) is 18.0 Å². The monoisotopic (exact) mass is 260 g/mol. The highest BCUT2D eigenvalue weighted by Crippen LogP contribution is 2.37. The summed E-state index contributed by atoms with van der Waals surface area (Å²) in [7, 11) is 1.91. The van der Waals surface area contributed by atoms with Crippen LogP contribution >= 0.6 is 11.6 Å². The number of rotatable bonds is 2. The summed E-state index contributed by atoms with van der Waals surface area (Å²) in [6, 6.07) is 2.61. The standard InChI is InChI=1S/C12H15ClF2N2/c1-17-6-7(5-16)4-10(17)8-2-3-9(14)11(13)12(8)15/h2-3,7,10H,4-6,16H2,1H3. The van der Waals surface area contributed by atoms with E-state index >= 15 is 0 Å². The van der Waals surface area contributed by atoms with Crippen LogP contribution in [0.5, 0.6) is 0 Å². The molecule has 0 aliphatic carbocycles. The highest BCUT2D eigenvalue weighted by Gasteiger charge is 2.32. The van der Waals surface area contributed by atoms with Crippen LogP contribution in [0.1, 0.15) is 18.0 Å². The molecule has 2 atom stereocenters. The van der Waals surface area contributed by atoms with Crippen LogP contribution in [0.3, 0.4) is 0 Å². The molecule has 94 valence electrons. The number of nitrogens with two attached hydrogens (primary N) is 1. The van der Waals surface area contributed by atoms with Gasteiger partial charge in [-0.2, -0.15) is 0 Å². The third-order valence-corrected chi connectivity index (χ3v) is 3.74. The van der Waals surface area contributed by atoms with E-state index in [0.717, 1.165) is 13.0 Å². The minimum Gasteiger partial charge on any atom is -0.330 e. The summed E-state index contributed by atoms with van der Waals surface area (Å²) in [4.78, 5) is 2.03. The number of benzene rings is 1. The van der Waals surface area contributed by atoms with Gasteiger partial charge in [0.25, 0.3) is 0 Å². The van der Waals surface area contributed by atoms with Gasteiger partial charge in [-0.25, -0.2) is 8.78 Å². The summed E-state index contributed by atoms with van der Waals surface area (Å²) in [5.74, 6) is -1.02. The van der Waals surface area contributed by atoms with Crippen molar-refractivity contribution in [3.05, 3.63) is 34.4 Å². The maximum Gasteiger partial charge on any atom is 0.149 e. The van der Waals surface area contributed by atoms with Gasteiger partial charge in [-0.3, -0.25) is 4.90 Å². The van der Waals surface area contributed by atoms with Gasteiger partial charge in [-0.15, -0.1) is 0 Å². The van der Waals surface area contributed by atoms with Crippen molar-refractivity contribution in [2.24, 2.45) is 11.7 Å². The topological polar surface area (TPSA) is 29.3 Å². The van der Waals surface area contributed by atoms with Crippen molar-refractivity contribution in [1.82, 2.24) is 4.90 Å². The fourth-order valence-corrected chi connectivity index (χ4v) is 2.61. The molecule has 2 rings (SSSR count). The Kier molecular flexibility index (Phi) is 3.66. The summed E-state index contributed by atoms with van der Waals surface area (Å²) in [5, 5.41) is -0.424. The van der Waals surface area contributed by atoms with Gasteiger partial charge >= 0.3 is 0 Å². The fraction of sp³-hybridized carbons (Fsp3) is 0.500. The molecule has 0 aromatic heterocycles. The summed E-state index contributed by atoms with van der Waals surface area (Å²) in [6.45, 7) is 1.41. The van der Waals surface area contributed by atoms with Gasteiger partial charge in [-0.1, -0.05) is 17.7 Å². The predicted octanol–water partition coefficient (Wildman–Crippen LogP) is 2.57. The Hall–Kier alpha value is -0.710. The van der Waals surface area contributed by atoms with Crippen LogP contribution in [-0.4, -0.2) is 25.0 Å². The molecular weight excluding hydrogens is 246 g/mol. The summed E-state index contributed by atoms with van der Waals surface area (Å²) in [5.41, 5.74) is 6.08. The average molecular weight is 261 g/mol. The lowest BCUT2D eigenvalue weighted by molar-refractivity contribution is 0.306. The maximum absolute atomic E-state index is 13.9. The molecule has 17 heavy (non-hydrogen) atoms. The first-order valence-corrected chi connectivity index (χ1v) is 5.96. The SMILES string of the molecule is CN1CC(CN)CC1c1ccc(F)c(Cl)c1F. The van der Waals surface area contributed by atoms with Crippen molar-refractivity contribution in [2.45, 2.75) is 12.5 Å². The molecule has 5 heteroatoms. The van der Waals surface area contributed by atoms with Crippen molar-refractivity contribution in [2.75, 3.05) is 20.1 Å². The molecule has 0 radical (unpaired) electrons. The lowest BCUT2D eigenvalue weighted by Gasteiger charge is -2.20. The summed E-state index contributed by atoms with van der Waals surface area (Å²) >= 11 is 5.59. The number of likely N-dealkylation sites (tertiary alicyclic amines) is 1. The van der Waals surface area contributed by atoms with Crippen molar-refractivity contribution in [1.29, 1.82) is 0 Å². The Bertz CT molecular complexity index is 425. The van der Waals surface area contributed by atoms with E-state index in [1.54, 1.807) is 0 Å². The second-order valence-electron chi connectivity index (χ2n) is 4.56. The van der Waals surface area contributed by atoms with E-state index in [9.17, 15) is 8.78 Å². The van der Waals surface area contributed by atoms with Gasteiger partial charge < -0.3 is 5.73 Å². The van der Waals surface area contributed by atoms with Crippen LogP contribution in [0, 0.1) is 17.6 Å². The zero-order valence-corrected chi connectivity index (χ0v) is 10.3. The molecule has 1 aliphatic heterocycles. The van der Waals surface area contributed by atoms with Crippen molar-refractivity contribution >= 4 is 11.6 Å². The van der Waals surface area contributed by atoms with Crippen molar-refractivity contribution in [3.8, 4) is 0 Å². The minimum atomic E-state index is -0.719. The molecule has 2 N–H and O–H groups in total. The number of hydrogen-bond acceptors (Lipinski definition) is 2. The van der Waals surface area contributed by atoms with Crippen molar-refractivity contribution in [3.63, 3.8) is 0 Å². The number of hydrogen-bond donors (Lipinski definition) is 1. The molecule has 2 unspecified atom stereocenters. The zero-order chi connectivity index (χ0) is 12.6. The zero-order valence-electron chi connectivity index (χ0n) is 9.59. The molecule has 0 saturated carbocycles. The molecule has 1 heterocycles. The van der Waals surface area contributed by atoms with Crippen LogP contribution in [0.15, 0.2) is 12.1 Å². The van der Waals surface area contributed by atoms with Gasteiger partial charge in [0.2, 0.25) is 0 Å². The van der Waals surface area contributed by atoms with Crippen LogP contribution in [-0.2, 0) is 0 Å². The van der Waals surface area contributed by atoms with Crippen LogP contribution in [0.25, 0.3) is 0 Å². The molecule has 1 saturated heterocycles. The van der Waals surface area contributed by atoms with Gasteiger partial charge in [0.15, 0.2) is 0 Å². The van der Waals surface area contributed by atoms with E-state index in [4.69, 9.17) is 17.3 Å².